The van der Waals surface area contributed by atoms with Crippen molar-refractivity contribution in [2.24, 2.45) is 0 Å². The summed E-state index contributed by atoms with van der Waals surface area (Å²) >= 11 is 5.43. The summed E-state index contributed by atoms with van der Waals surface area (Å²) in [5.41, 5.74) is 0.609. The molecule has 0 saturated carbocycles. The highest BCUT2D eigenvalue weighted by molar-refractivity contribution is 7.91. The number of carbonyl (C=O) groups excluding carboxylic acids is 1. The van der Waals surface area contributed by atoms with Gasteiger partial charge in [-0.2, -0.15) is 0 Å². The minimum atomic E-state index is -3.26. The molecule has 0 saturated heterocycles. The topological polar surface area (TPSA) is 74.5 Å². The van der Waals surface area contributed by atoms with E-state index in [0.717, 1.165) is 0 Å². The van der Waals surface area contributed by atoms with E-state index in [1.807, 2.05) is 6.07 Å². The summed E-state index contributed by atoms with van der Waals surface area (Å²) in [6, 6.07) is 8.06. The Balaban J connectivity index is 2.69. The van der Waals surface area contributed by atoms with Crippen molar-refractivity contribution in [1.82, 2.24) is 5.32 Å². The maximum atomic E-state index is 11.7. The van der Waals surface area contributed by atoms with E-state index < -0.39 is 21.8 Å². The van der Waals surface area contributed by atoms with Crippen LogP contribution in [0, 0.1) is 0 Å². The number of para-hydroxylation sites is 1. The van der Waals surface area contributed by atoms with Crippen LogP contribution in [0.15, 0.2) is 30.3 Å². The number of hydrogen-bond acceptors (Lipinski definition) is 4. The van der Waals surface area contributed by atoms with E-state index in [1.165, 1.54) is 7.11 Å². The average molecular weight is 319 g/mol. The van der Waals surface area contributed by atoms with E-state index >= 15 is 0 Å². The molecule has 1 aromatic carbocycles. The van der Waals surface area contributed by atoms with Crippen molar-refractivity contribution in [3.05, 3.63) is 30.3 Å². The van der Waals surface area contributed by atoms with Gasteiger partial charge in [0.25, 0.3) is 0 Å². The van der Waals surface area contributed by atoms with Crippen LogP contribution in [0.25, 0.3) is 0 Å². The van der Waals surface area contributed by atoms with Crippen molar-refractivity contribution in [3.63, 3.8) is 0 Å². The van der Waals surface area contributed by atoms with Gasteiger partial charge in [0.1, 0.15) is 6.04 Å². The average Bonchev–Trinajstić information content (AvgIpc) is 2.43. The number of methoxy groups -OCH3 is 1. The van der Waals surface area contributed by atoms with Gasteiger partial charge in [0.15, 0.2) is 9.84 Å². The van der Waals surface area contributed by atoms with Crippen LogP contribution in [0.1, 0.15) is 6.42 Å². The molecule has 0 amide bonds. The highest BCUT2D eigenvalue weighted by Crippen LogP contribution is 2.11. The Kier molecular flexibility index (Phi) is 6.81. The fourth-order valence-electron chi connectivity index (χ4n) is 1.58. The van der Waals surface area contributed by atoms with Gasteiger partial charge in [0.05, 0.1) is 24.3 Å². The van der Waals surface area contributed by atoms with Crippen molar-refractivity contribution >= 4 is 33.1 Å². The first-order valence-corrected chi connectivity index (χ1v) is 8.44. The van der Waals surface area contributed by atoms with E-state index in [4.69, 9.17) is 11.6 Å². The Labute approximate surface area is 124 Å². The van der Waals surface area contributed by atoms with Gasteiger partial charge in [-0.15, -0.1) is 11.6 Å². The SMILES string of the molecule is COC(=O)C(CCS(=O)(=O)CCCl)[N]c1ccccc1. The number of hydrogen-bond donors (Lipinski definition) is 0. The van der Waals surface area contributed by atoms with Gasteiger partial charge in [-0.05, 0) is 18.6 Å². The summed E-state index contributed by atoms with van der Waals surface area (Å²) in [4.78, 5) is 11.7. The Hall–Kier alpha value is -1.27. The first-order valence-electron chi connectivity index (χ1n) is 6.08. The molecule has 5 nitrogen and oxygen atoms in total. The molecule has 0 N–H and O–H groups in total. The van der Waals surface area contributed by atoms with Crippen LogP contribution in [0.2, 0.25) is 0 Å². The summed E-state index contributed by atoms with van der Waals surface area (Å²) in [6.07, 6.45) is 0.0841. The second kappa shape index (κ2) is 8.11. The second-order valence-corrected chi connectivity index (χ2v) is 6.81. The molecule has 1 radical (unpaired) electrons. The molecule has 0 spiro atoms. The van der Waals surface area contributed by atoms with E-state index in [-0.39, 0.29) is 23.8 Å². The maximum Gasteiger partial charge on any atom is 0.330 e. The summed E-state index contributed by atoms with van der Waals surface area (Å²) in [7, 11) is -2.01. The summed E-state index contributed by atoms with van der Waals surface area (Å²) in [6.45, 7) is 0. The number of alkyl halides is 1. The third kappa shape index (κ3) is 5.79. The normalized spacial score (nSPS) is 12.7. The van der Waals surface area contributed by atoms with Crippen molar-refractivity contribution < 1.29 is 17.9 Å². The van der Waals surface area contributed by atoms with Crippen LogP contribution in [0.4, 0.5) is 5.69 Å². The van der Waals surface area contributed by atoms with Crippen LogP contribution >= 0.6 is 11.6 Å². The molecule has 0 fully saturated rings. The van der Waals surface area contributed by atoms with Gasteiger partial charge in [-0.3, -0.25) is 5.32 Å². The molecular formula is C13H17ClNO4S. The third-order valence-electron chi connectivity index (χ3n) is 2.62. The number of nitrogens with zero attached hydrogens (tertiary/aromatic N) is 1. The summed E-state index contributed by atoms with van der Waals surface area (Å²) < 4.78 is 27.9. The zero-order chi connectivity index (χ0) is 15.0. The molecule has 1 aromatic rings. The largest absolute Gasteiger partial charge is 0.467 e. The number of esters is 1. The first-order chi connectivity index (χ1) is 9.48. The molecule has 111 valence electrons. The Morgan fingerprint density at radius 1 is 1.30 bits per heavy atom. The molecule has 7 heteroatoms. The molecule has 1 atom stereocenters. The monoisotopic (exact) mass is 318 g/mol. The van der Waals surface area contributed by atoms with E-state index in [2.05, 4.69) is 10.1 Å². The molecular weight excluding hydrogens is 302 g/mol. The van der Waals surface area contributed by atoms with E-state index in [1.54, 1.807) is 24.3 Å². The molecule has 20 heavy (non-hydrogen) atoms. The molecule has 0 heterocycles. The van der Waals surface area contributed by atoms with Gasteiger partial charge in [0.2, 0.25) is 0 Å². The fraction of sp³-hybridized carbons (Fsp3) is 0.462. The number of carbonyl (C=O) groups is 1. The van der Waals surface area contributed by atoms with Gasteiger partial charge >= 0.3 is 5.97 Å². The molecule has 0 aliphatic heterocycles. The van der Waals surface area contributed by atoms with Crippen LogP contribution in [0.5, 0.6) is 0 Å². The smallest absolute Gasteiger partial charge is 0.330 e. The number of rotatable bonds is 8. The quantitative estimate of drug-likeness (QED) is 0.538. The predicted octanol–water partition coefficient (Wildman–Crippen LogP) is 1.51. The molecule has 0 aliphatic rings. The van der Waals surface area contributed by atoms with Crippen molar-refractivity contribution in [2.75, 3.05) is 24.5 Å². The Morgan fingerprint density at radius 3 is 2.50 bits per heavy atom. The zero-order valence-electron chi connectivity index (χ0n) is 11.2. The van der Waals surface area contributed by atoms with Crippen molar-refractivity contribution in [1.29, 1.82) is 0 Å². The van der Waals surface area contributed by atoms with Gasteiger partial charge in [-0.1, -0.05) is 18.2 Å². The van der Waals surface area contributed by atoms with Crippen LogP contribution < -0.4 is 5.32 Å². The first kappa shape index (κ1) is 16.8. The van der Waals surface area contributed by atoms with Gasteiger partial charge in [-0.25, -0.2) is 13.2 Å². The van der Waals surface area contributed by atoms with Crippen molar-refractivity contribution in [3.8, 4) is 0 Å². The number of ether oxygens (including phenoxy) is 1. The molecule has 0 aliphatic carbocycles. The third-order valence-corrected chi connectivity index (χ3v) is 4.72. The standard InChI is InChI=1S/C13H17ClNO4S/c1-19-13(16)12(7-9-20(17,18)10-8-14)15-11-5-3-2-4-6-11/h2-6,12H,7-10H2,1H3. The summed E-state index contributed by atoms with van der Waals surface area (Å²) in [5, 5.41) is 4.22. The van der Waals surface area contributed by atoms with Crippen LogP contribution in [-0.2, 0) is 19.4 Å². The molecule has 1 rings (SSSR count). The van der Waals surface area contributed by atoms with E-state index in [9.17, 15) is 13.2 Å². The lowest BCUT2D eigenvalue weighted by molar-refractivity contribution is -0.142. The lowest BCUT2D eigenvalue weighted by atomic mass is 10.2. The van der Waals surface area contributed by atoms with Crippen LogP contribution in [-0.4, -0.2) is 44.9 Å². The van der Waals surface area contributed by atoms with Crippen LogP contribution in [0.3, 0.4) is 0 Å². The van der Waals surface area contributed by atoms with Gasteiger partial charge < -0.3 is 4.74 Å². The number of halogens is 1. The zero-order valence-corrected chi connectivity index (χ0v) is 12.7. The molecule has 0 bridgehead atoms. The molecule has 0 aromatic heterocycles. The second-order valence-electron chi connectivity index (χ2n) is 4.13. The van der Waals surface area contributed by atoms with E-state index in [0.29, 0.717) is 5.69 Å². The maximum absolute atomic E-state index is 11.7. The minimum Gasteiger partial charge on any atom is -0.467 e. The Bertz CT molecular complexity index is 518. The molecule has 1 unspecified atom stereocenters. The Morgan fingerprint density at radius 2 is 1.95 bits per heavy atom. The minimum absolute atomic E-state index is 0.0427. The predicted molar refractivity (Wildman–Crippen MR) is 78.0 cm³/mol. The lowest BCUT2D eigenvalue weighted by Crippen LogP contribution is -2.32. The highest BCUT2D eigenvalue weighted by atomic mass is 35.5. The highest BCUT2D eigenvalue weighted by Gasteiger charge is 2.23. The summed E-state index contributed by atoms with van der Waals surface area (Å²) in [5.74, 6) is -0.750. The lowest BCUT2D eigenvalue weighted by Gasteiger charge is -2.15. The fourth-order valence-corrected chi connectivity index (χ4v) is 3.30. The number of benzene rings is 1. The van der Waals surface area contributed by atoms with Crippen molar-refractivity contribution in [2.45, 2.75) is 12.5 Å². The number of sulfone groups is 1. The van der Waals surface area contributed by atoms with Gasteiger partial charge in [0, 0.05) is 5.88 Å².